The van der Waals surface area contributed by atoms with E-state index in [-0.39, 0.29) is 22.7 Å². The fraction of sp³-hybridized carbons (Fsp3) is 0.308. The van der Waals surface area contributed by atoms with Crippen molar-refractivity contribution in [3.05, 3.63) is 28.8 Å². The zero-order valence-corrected chi connectivity index (χ0v) is 11.5. The largest absolute Gasteiger partial charge is 0.479 e. The third-order valence-electron chi connectivity index (χ3n) is 3.05. The number of carboxylic acids is 2. The molecular weight excluding hydrogens is 302 g/mol. The molecule has 0 unspecified atom stereocenters. The Morgan fingerprint density at radius 2 is 1.86 bits per heavy atom. The number of rotatable bonds is 4. The van der Waals surface area contributed by atoms with Crippen molar-refractivity contribution in [1.29, 1.82) is 0 Å². The lowest BCUT2D eigenvalue weighted by molar-refractivity contribution is -0.150. The highest BCUT2D eigenvalue weighted by Crippen LogP contribution is 2.23. The van der Waals surface area contributed by atoms with Gasteiger partial charge in [-0.05, 0) is 31.0 Å². The molecule has 3 N–H and O–H groups in total. The number of amides is 1. The molecule has 1 aliphatic heterocycles. The van der Waals surface area contributed by atoms with Crippen molar-refractivity contribution in [3.63, 3.8) is 0 Å². The highest BCUT2D eigenvalue weighted by molar-refractivity contribution is 6.33. The molecule has 1 amide bonds. The van der Waals surface area contributed by atoms with Gasteiger partial charge < -0.3 is 20.3 Å². The summed E-state index contributed by atoms with van der Waals surface area (Å²) in [7, 11) is 0. The molecule has 0 aromatic heterocycles. The van der Waals surface area contributed by atoms with Gasteiger partial charge in [0.2, 0.25) is 0 Å². The third-order valence-corrected chi connectivity index (χ3v) is 3.38. The standard InChI is InChI=1S/C13H12ClNO6/c14-8-2-1-6(5-7(8)12(17)18)15-11(16)9-3-4-10(21-9)13(19)20/h1-2,5,9-10H,3-4H2,(H,15,16)(H,17,18)(H,19,20)/t9-,10+/m0/s1. The molecule has 0 bridgehead atoms. The number of nitrogens with one attached hydrogen (secondary N) is 1. The Balaban J connectivity index is 2.05. The van der Waals surface area contributed by atoms with E-state index in [1.807, 2.05) is 0 Å². The number of carboxylic acid groups (broad SMARTS) is 2. The van der Waals surface area contributed by atoms with E-state index in [1.54, 1.807) is 0 Å². The molecule has 0 radical (unpaired) electrons. The Kier molecular flexibility index (Phi) is 4.44. The lowest BCUT2D eigenvalue weighted by atomic mass is 10.1. The summed E-state index contributed by atoms with van der Waals surface area (Å²) in [6.07, 6.45) is -1.30. The number of benzene rings is 1. The molecule has 1 saturated heterocycles. The SMILES string of the molecule is O=C(O)c1cc(NC(=O)[C@@H]2CC[C@H](C(=O)O)O2)ccc1Cl. The van der Waals surface area contributed by atoms with Crippen molar-refractivity contribution in [2.24, 2.45) is 0 Å². The molecule has 1 aromatic rings. The number of aromatic carboxylic acids is 1. The molecule has 2 rings (SSSR count). The van der Waals surface area contributed by atoms with Crippen LogP contribution in [0, 0.1) is 0 Å². The maximum absolute atomic E-state index is 11.9. The molecule has 1 aromatic carbocycles. The molecule has 21 heavy (non-hydrogen) atoms. The monoisotopic (exact) mass is 313 g/mol. The first kappa shape index (κ1) is 15.3. The van der Waals surface area contributed by atoms with Crippen molar-refractivity contribution in [3.8, 4) is 0 Å². The van der Waals surface area contributed by atoms with Crippen molar-refractivity contribution >= 4 is 35.1 Å². The molecular formula is C13H12ClNO6. The van der Waals surface area contributed by atoms with Gasteiger partial charge in [0.1, 0.15) is 6.10 Å². The van der Waals surface area contributed by atoms with Gasteiger partial charge in [-0.25, -0.2) is 9.59 Å². The summed E-state index contributed by atoms with van der Waals surface area (Å²) in [5, 5.41) is 20.3. The van der Waals surface area contributed by atoms with Crippen LogP contribution in [-0.2, 0) is 14.3 Å². The Hall–Kier alpha value is -2.12. The van der Waals surface area contributed by atoms with Crippen LogP contribution in [0.2, 0.25) is 5.02 Å². The zero-order valence-electron chi connectivity index (χ0n) is 10.7. The second-order valence-electron chi connectivity index (χ2n) is 4.52. The van der Waals surface area contributed by atoms with E-state index in [0.29, 0.717) is 6.42 Å². The second-order valence-corrected chi connectivity index (χ2v) is 4.93. The molecule has 112 valence electrons. The summed E-state index contributed by atoms with van der Waals surface area (Å²) in [6.45, 7) is 0. The van der Waals surface area contributed by atoms with Gasteiger partial charge in [0.25, 0.3) is 5.91 Å². The van der Waals surface area contributed by atoms with Gasteiger partial charge in [-0.3, -0.25) is 4.79 Å². The van der Waals surface area contributed by atoms with E-state index >= 15 is 0 Å². The highest BCUT2D eigenvalue weighted by atomic mass is 35.5. The maximum atomic E-state index is 11.9. The fourth-order valence-electron chi connectivity index (χ4n) is 2.00. The van der Waals surface area contributed by atoms with E-state index in [9.17, 15) is 14.4 Å². The topological polar surface area (TPSA) is 113 Å². The minimum absolute atomic E-state index is 0.0588. The molecule has 7 nitrogen and oxygen atoms in total. The van der Waals surface area contributed by atoms with Crippen molar-refractivity contribution in [2.75, 3.05) is 5.32 Å². The van der Waals surface area contributed by atoms with E-state index in [4.69, 9.17) is 26.6 Å². The van der Waals surface area contributed by atoms with Gasteiger partial charge in [-0.1, -0.05) is 11.6 Å². The lowest BCUT2D eigenvalue weighted by Gasteiger charge is -2.12. The Morgan fingerprint density at radius 1 is 1.19 bits per heavy atom. The van der Waals surface area contributed by atoms with E-state index in [1.165, 1.54) is 18.2 Å². The molecule has 2 atom stereocenters. The Bertz CT molecular complexity index is 602. The summed E-state index contributed by atoms with van der Waals surface area (Å²) >= 11 is 5.73. The van der Waals surface area contributed by atoms with Crippen molar-refractivity contribution < 1.29 is 29.3 Å². The number of halogens is 1. The van der Waals surface area contributed by atoms with Gasteiger partial charge >= 0.3 is 11.9 Å². The van der Waals surface area contributed by atoms with Gasteiger partial charge in [-0.2, -0.15) is 0 Å². The molecule has 0 saturated carbocycles. The maximum Gasteiger partial charge on any atom is 0.337 e. The van der Waals surface area contributed by atoms with Crippen LogP contribution in [-0.4, -0.2) is 40.3 Å². The molecule has 0 aliphatic carbocycles. The third kappa shape index (κ3) is 3.50. The van der Waals surface area contributed by atoms with Gasteiger partial charge in [0.15, 0.2) is 6.10 Å². The summed E-state index contributed by atoms with van der Waals surface area (Å²) < 4.78 is 5.10. The number of hydrogen-bond acceptors (Lipinski definition) is 4. The molecule has 1 fully saturated rings. The van der Waals surface area contributed by atoms with Crippen LogP contribution >= 0.6 is 11.6 Å². The van der Waals surface area contributed by atoms with Crippen LogP contribution in [0.4, 0.5) is 5.69 Å². The average molecular weight is 314 g/mol. The highest BCUT2D eigenvalue weighted by Gasteiger charge is 2.34. The zero-order chi connectivity index (χ0) is 15.6. The van der Waals surface area contributed by atoms with Gasteiger partial charge in [0.05, 0.1) is 10.6 Å². The number of carbonyl (C=O) groups is 3. The van der Waals surface area contributed by atoms with Crippen LogP contribution in [0.15, 0.2) is 18.2 Å². The van der Waals surface area contributed by atoms with Crippen molar-refractivity contribution in [1.82, 2.24) is 0 Å². The first-order valence-electron chi connectivity index (χ1n) is 6.10. The molecule has 1 heterocycles. The predicted octanol–water partition coefficient (Wildman–Crippen LogP) is 1.61. The normalized spacial score (nSPS) is 21.0. The predicted molar refractivity (Wildman–Crippen MR) is 72.6 cm³/mol. The number of anilines is 1. The van der Waals surface area contributed by atoms with E-state index < -0.39 is 30.1 Å². The Labute approximate surface area is 124 Å². The minimum atomic E-state index is -1.21. The Morgan fingerprint density at radius 3 is 2.43 bits per heavy atom. The smallest absolute Gasteiger partial charge is 0.337 e. The van der Waals surface area contributed by atoms with Gasteiger partial charge in [0, 0.05) is 5.69 Å². The summed E-state index contributed by atoms with van der Waals surface area (Å²) in [4.78, 5) is 33.6. The number of aliphatic carboxylic acids is 1. The number of carbonyl (C=O) groups excluding carboxylic acids is 1. The first-order chi connectivity index (χ1) is 9.88. The van der Waals surface area contributed by atoms with Crippen LogP contribution in [0.25, 0.3) is 0 Å². The number of hydrogen-bond donors (Lipinski definition) is 3. The summed E-state index contributed by atoms with van der Waals surface area (Å²) in [5.41, 5.74) is 0.120. The quantitative estimate of drug-likeness (QED) is 0.778. The minimum Gasteiger partial charge on any atom is -0.479 e. The van der Waals surface area contributed by atoms with E-state index in [0.717, 1.165) is 0 Å². The fourth-order valence-corrected chi connectivity index (χ4v) is 2.20. The van der Waals surface area contributed by atoms with Crippen molar-refractivity contribution in [2.45, 2.75) is 25.0 Å². The molecule has 1 aliphatic rings. The van der Waals surface area contributed by atoms with Crippen LogP contribution in [0.5, 0.6) is 0 Å². The van der Waals surface area contributed by atoms with Crippen LogP contribution < -0.4 is 5.32 Å². The first-order valence-corrected chi connectivity index (χ1v) is 6.48. The number of ether oxygens (including phenoxy) is 1. The summed E-state index contributed by atoms with van der Waals surface area (Å²) in [5.74, 6) is -2.83. The molecule has 0 spiro atoms. The second kappa shape index (κ2) is 6.11. The van der Waals surface area contributed by atoms with Gasteiger partial charge in [-0.15, -0.1) is 0 Å². The van der Waals surface area contributed by atoms with Crippen LogP contribution in [0.1, 0.15) is 23.2 Å². The lowest BCUT2D eigenvalue weighted by Crippen LogP contribution is -2.30. The average Bonchev–Trinajstić information content (AvgIpc) is 2.90. The molecule has 8 heteroatoms. The van der Waals surface area contributed by atoms with E-state index in [2.05, 4.69) is 5.32 Å². The summed E-state index contributed by atoms with van der Waals surface area (Å²) in [6, 6.07) is 4.04. The van der Waals surface area contributed by atoms with Crippen LogP contribution in [0.3, 0.4) is 0 Å².